The molecule has 1 N–H and O–H groups in total. The van der Waals surface area contributed by atoms with Gasteiger partial charge in [0.1, 0.15) is 17.1 Å². The third kappa shape index (κ3) is 6.05. The van der Waals surface area contributed by atoms with Gasteiger partial charge in [-0.25, -0.2) is 14.8 Å². The topological polar surface area (TPSA) is 92.6 Å². The van der Waals surface area contributed by atoms with Crippen molar-refractivity contribution in [2.24, 2.45) is 0 Å². The summed E-state index contributed by atoms with van der Waals surface area (Å²) in [5, 5.41) is 4.16. The molecular formula is C26H35F3N6O3. The van der Waals surface area contributed by atoms with Gasteiger partial charge in [0.25, 0.3) is 5.56 Å². The van der Waals surface area contributed by atoms with Crippen molar-refractivity contribution >= 4 is 17.1 Å². The number of nitrogens with zero attached hydrogens (tertiary/aromatic N) is 5. The molecule has 3 heterocycles. The molecule has 1 saturated heterocycles. The van der Waals surface area contributed by atoms with Crippen LogP contribution in [0.5, 0.6) is 0 Å². The summed E-state index contributed by atoms with van der Waals surface area (Å²) < 4.78 is 47.8. The number of ether oxygens (including phenoxy) is 1. The quantitative estimate of drug-likeness (QED) is 0.592. The number of carbonyl (C=O) groups excluding carboxylic acids is 1. The van der Waals surface area contributed by atoms with Gasteiger partial charge in [0.05, 0.1) is 12.2 Å². The number of likely N-dealkylation sites (tertiary alicyclic amines) is 1. The third-order valence-corrected chi connectivity index (χ3v) is 6.69. The summed E-state index contributed by atoms with van der Waals surface area (Å²) >= 11 is 0. The van der Waals surface area contributed by atoms with Crippen molar-refractivity contribution in [1.29, 1.82) is 0 Å². The molecule has 0 atom stereocenters. The van der Waals surface area contributed by atoms with Crippen molar-refractivity contribution in [3.8, 4) is 0 Å². The second kappa shape index (κ2) is 10.5. The maximum atomic E-state index is 14.0. The van der Waals surface area contributed by atoms with Crippen LogP contribution in [0, 0.1) is 0 Å². The summed E-state index contributed by atoms with van der Waals surface area (Å²) in [5.74, 6) is 0.313. The molecule has 2 aliphatic rings. The van der Waals surface area contributed by atoms with E-state index in [-0.39, 0.29) is 17.6 Å². The predicted molar refractivity (Wildman–Crippen MR) is 137 cm³/mol. The van der Waals surface area contributed by atoms with Crippen LogP contribution in [0.2, 0.25) is 0 Å². The highest BCUT2D eigenvalue weighted by Gasteiger charge is 2.38. The number of nitrogens with one attached hydrogen (secondary N) is 1. The summed E-state index contributed by atoms with van der Waals surface area (Å²) in [6.45, 7) is 8.11. The monoisotopic (exact) mass is 536 g/mol. The van der Waals surface area contributed by atoms with E-state index in [0.29, 0.717) is 62.0 Å². The van der Waals surface area contributed by atoms with Gasteiger partial charge < -0.3 is 15.0 Å². The molecule has 0 bridgehead atoms. The lowest BCUT2D eigenvalue weighted by Crippen LogP contribution is -2.45. The summed E-state index contributed by atoms with van der Waals surface area (Å²) in [7, 11) is 1.21. The first-order chi connectivity index (χ1) is 17.8. The van der Waals surface area contributed by atoms with Crippen molar-refractivity contribution < 1.29 is 22.7 Å². The number of aryl methyl sites for hydroxylation is 1. The first-order valence-corrected chi connectivity index (χ1v) is 13.0. The van der Waals surface area contributed by atoms with Crippen LogP contribution in [0.15, 0.2) is 29.0 Å². The lowest BCUT2D eigenvalue weighted by molar-refractivity contribution is -0.0963. The lowest BCUT2D eigenvalue weighted by atomic mass is 9.90. The Morgan fingerprint density at radius 1 is 1.21 bits per heavy atom. The predicted octanol–water partition coefficient (Wildman–Crippen LogP) is 4.19. The number of hydrogen-bond donors (Lipinski definition) is 1. The molecule has 0 unspecified atom stereocenters. The van der Waals surface area contributed by atoms with Crippen molar-refractivity contribution in [2.45, 2.75) is 83.5 Å². The van der Waals surface area contributed by atoms with Gasteiger partial charge >= 0.3 is 12.3 Å². The molecule has 0 spiro atoms. The molecule has 1 aliphatic heterocycles. The number of pyridine rings is 1. The molecule has 4 rings (SSSR count). The van der Waals surface area contributed by atoms with Crippen LogP contribution in [-0.4, -0.2) is 63.6 Å². The Balaban J connectivity index is 1.76. The van der Waals surface area contributed by atoms with Crippen LogP contribution in [0.3, 0.4) is 0 Å². The highest BCUT2D eigenvalue weighted by atomic mass is 19.4. The van der Waals surface area contributed by atoms with E-state index in [0.717, 1.165) is 6.20 Å². The van der Waals surface area contributed by atoms with Crippen LogP contribution < -0.4 is 15.9 Å². The molecule has 1 aliphatic carbocycles. The van der Waals surface area contributed by atoms with E-state index in [9.17, 15) is 22.8 Å². The van der Waals surface area contributed by atoms with E-state index >= 15 is 0 Å². The zero-order valence-corrected chi connectivity index (χ0v) is 22.4. The van der Waals surface area contributed by atoms with Gasteiger partial charge in [0, 0.05) is 43.7 Å². The van der Waals surface area contributed by atoms with E-state index in [1.54, 1.807) is 37.9 Å². The maximum absolute atomic E-state index is 14.0. The summed E-state index contributed by atoms with van der Waals surface area (Å²) in [5.41, 5.74) is -1.22. The zero-order chi connectivity index (χ0) is 27.8. The number of alkyl halides is 3. The molecule has 9 nitrogen and oxygen atoms in total. The molecule has 2 aromatic heterocycles. The number of aromatic nitrogens is 3. The molecule has 2 aromatic rings. The van der Waals surface area contributed by atoms with Gasteiger partial charge in [0.15, 0.2) is 5.65 Å². The summed E-state index contributed by atoms with van der Waals surface area (Å²) in [4.78, 5) is 37.0. The number of halogens is 3. The molecule has 208 valence electrons. The lowest BCUT2D eigenvalue weighted by Gasteiger charge is -2.34. The summed E-state index contributed by atoms with van der Waals surface area (Å²) in [6, 6.07) is 1.49. The number of piperidine rings is 1. The van der Waals surface area contributed by atoms with E-state index in [4.69, 9.17) is 4.74 Å². The number of carbonyl (C=O) groups is 1. The van der Waals surface area contributed by atoms with Gasteiger partial charge in [-0.3, -0.25) is 9.80 Å². The number of amides is 1. The fourth-order valence-corrected chi connectivity index (χ4v) is 4.59. The molecule has 0 radical (unpaired) electrons. The Hall–Kier alpha value is -3.31. The normalized spacial score (nSPS) is 17.6. The molecule has 12 heteroatoms. The first-order valence-electron chi connectivity index (χ1n) is 13.0. The third-order valence-electron chi connectivity index (χ3n) is 6.69. The highest BCUT2D eigenvalue weighted by Crippen LogP contribution is 2.32. The number of fused-ring (bicyclic) bond motifs is 1. The minimum Gasteiger partial charge on any atom is -0.444 e. The standard InChI is InChI=1S/C26H35F3N6O3/c1-6-21-31-14-17-13-19(16-9-11-33(12-10-16)24(37)38-25(2,3)4)23(36)35(22(17)32-21)34(18-7-8-18)15-20(30-5)26(27,28)29/h13-16,18,30H,6-12H2,1-5H3/b20-15-. The molecule has 1 saturated carbocycles. The van der Waals surface area contributed by atoms with Crippen LogP contribution in [0.1, 0.15) is 70.7 Å². The van der Waals surface area contributed by atoms with Gasteiger partial charge in [-0.05, 0) is 58.4 Å². The highest BCUT2D eigenvalue weighted by molar-refractivity contribution is 5.75. The van der Waals surface area contributed by atoms with Gasteiger partial charge in [-0.1, -0.05) is 6.92 Å². The van der Waals surface area contributed by atoms with E-state index in [1.807, 2.05) is 6.92 Å². The minimum atomic E-state index is -4.61. The average molecular weight is 537 g/mol. The fraction of sp³-hybridized carbons (Fsp3) is 0.615. The second-order valence-electron chi connectivity index (χ2n) is 10.8. The fourth-order valence-electron chi connectivity index (χ4n) is 4.59. The van der Waals surface area contributed by atoms with Crippen molar-refractivity contribution in [3.05, 3.63) is 45.9 Å². The van der Waals surface area contributed by atoms with Gasteiger partial charge in [-0.15, -0.1) is 0 Å². The van der Waals surface area contributed by atoms with E-state index in [1.165, 1.54) is 16.7 Å². The zero-order valence-electron chi connectivity index (χ0n) is 22.4. The van der Waals surface area contributed by atoms with Crippen LogP contribution in [-0.2, 0) is 11.2 Å². The van der Waals surface area contributed by atoms with E-state index < -0.39 is 29.1 Å². The molecule has 0 aromatic carbocycles. The SMILES string of the molecule is CCc1ncc2cc(C3CCN(C(=O)OC(C)(C)C)CC3)c(=O)n(N(/C=C(\NC)C(F)(F)F)C3CC3)c2n1. The Morgan fingerprint density at radius 2 is 1.87 bits per heavy atom. The smallest absolute Gasteiger partial charge is 0.432 e. The molecule has 2 fully saturated rings. The van der Waals surface area contributed by atoms with Crippen molar-refractivity contribution in [3.63, 3.8) is 0 Å². The number of allylic oxidation sites excluding steroid dienone is 1. The summed E-state index contributed by atoms with van der Waals surface area (Å²) in [6.07, 6.45) is 0.441. The van der Waals surface area contributed by atoms with Gasteiger partial charge in [-0.2, -0.15) is 17.8 Å². The van der Waals surface area contributed by atoms with Crippen LogP contribution >= 0.6 is 0 Å². The van der Waals surface area contributed by atoms with Crippen molar-refractivity contribution in [2.75, 3.05) is 25.1 Å². The van der Waals surface area contributed by atoms with Crippen LogP contribution in [0.4, 0.5) is 18.0 Å². The number of hydrogen-bond acceptors (Lipinski definition) is 7. The molecule has 38 heavy (non-hydrogen) atoms. The molecular weight excluding hydrogens is 501 g/mol. The largest absolute Gasteiger partial charge is 0.444 e. The maximum Gasteiger partial charge on any atom is 0.432 e. The van der Waals surface area contributed by atoms with Crippen molar-refractivity contribution in [1.82, 2.24) is 24.9 Å². The first kappa shape index (κ1) is 27.7. The van der Waals surface area contributed by atoms with Crippen LogP contribution in [0.25, 0.3) is 11.0 Å². The Bertz CT molecular complexity index is 1270. The molecule has 1 amide bonds. The Labute approximate surface area is 219 Å². The Kier molecular flexibility index (Phi) is 7.62. The van der Waals surface area contributed by atoms with E-state index in [2.05, 4.69) is 15.3 Å². The number of rotatable bonds is 6. The minimum absolute atomic E-state index is 0.181. The Morgan fingerprint density at radius 3 is 2.39 bits per heavy atom. The average Bonchev–Trinajstić information content (AvgIpc) is 3.68. The van der Waals surface area contributed by atoms with Gasteiger partial charge in [0.2, 0.25) is 0 Å². The second-order valence-corrected chi connectivity index (χ2v) is 10.8.